The molecule has 5 rings (SSSR count). The standard InChI is InChI=1S/C19H21NO6/c1-10-6-15(24-9-10)19(22,14-4-3-5-23-14)18(21)25-11-7-12-16-17(26-16)13(8-11)20(12)2/h3-6,9,11-13,16-17,22H,7-8H2,1-2H3/p+1. The lowest BCUT2D eigenvalue weighted by atomic mass is 9.95. The zero-order valence-corrected chi connectivity index (χ0v) is 14.7. The van der Waals surface area contributed by atoms with Gasteiger partial charge in [0.1, 0.15) is 30.4 Å². The van der Waals surface area contributed by atoms with Crippen molar-refractivity contribution in [3.63, 3.8) is 0 Å². The van der Waals surface area contributed by atoms with Gasteiger partial charge in [0.05, 0.1) is 19.6 Å². The monoisotopic (exact) mass is 360 g/mol. The summed E-state index contributed by atoms with van der Waals surface area (Å²) in [5.74, 6) is -0.576. The van der Waals surface area contributed by atoms with E-state index in [1.54, 1.807) is 18.2 Å². The third kappa shape index (κ3) is 2.21. The number of epoxide rings is 1. The van der Waals surface area contributed by atoms with E-state index in [1.165, 1.54) is 17.4 Å². The minimum Gasteiger partial charge on any atom is -0.465 e. The number of esters is 1. The summed E-state index contributed by atoms with van der Waals surface area (Å²) in [6, 6.07) is 5.48. The number of aryl methyl sites for hydroxylation is 1. The fourth-order valence-corrected chi connectivity index (χ4v) is 4.64. The molecule has 2 aromatic rings. The number of morpholine rings is 1. The Bertz CT molecular complexity index is 811. The number of rotatable bonds is 4. The van der Waals surface area contributed by atoms with Crippen molar-refractivity contribution < 1.29 is 33.1 Å². The lowest BCUT2D eigenvalue weighted by Crippen LogP contribution is -3.17. The lowest BCUT2D eigenvalue weighted by Gasteiger charge is -2.36. The van der Waals surface area contributed by atoms with Gasteiger partial charge in [0, 0.05) is 12.8 Å². The summed E-state index contributed by atoms with van der Waals surface area (Å²) in [4.78, 5) is 14.5. The second-order valence-electron chi connectivity index (χ2n) is 7.70. The molecular formula is C19H22NO6+. The van der Waals surface area contributed by atoms with Gasteiger partial charge in [-0.15, -0.1) is 0 Å². The smallest absolute Gasteiger partial charge is 0.354 e. The Morgan fingerprint density at radius 2 is 2.00 bits per heavy atom. The van der Waals surface area contributed by atoms with Gasteiger partial charge in [-0.2, -0.15) is 0 Å². The average Bonchev–Trinajstić information content (AvgIpc) is 2.92. The van der Waals surface area contributed by atoms with E-state index in [1.807, 2.05) is 6.92 Å². The zero-order valence-electron chi connectivity index (χ0n) is 14.7. The highest BCUT2D eigenvalue weighted by Crippen LogP contribution is 2.40. The number of aliphatic hydroxyl groups is 1. The van der Waals surface area contributed by atoms with Crippen LogP contribution in [0.25, 0.3) is 0 Å². The Hall–Kier alpha value is -2.09. The van der Waals surface area contributed by atoms with Crippen molar-refractivity contribution in [3.8, 4) is 0 Å². The molecule has 0 amide bonds. The first-order chi connectivity index (χ1) is 12.5. The Morgan fingerprint density at radius 3 is 2.58 bits per heavy atom. The van der Waals surface area contributed by atoms with Crippen molar-refractivity contribution in [3.05, 3.63) is 47.8 Å². The van der Waals surface area contributed by atoms with Crippen LogP contribution in [0.2, 0.25) is 0 Å². The van der Waals surface area contributed by atoms with Gasteiger partial charge in [0.15, 0.2) is 11.5 Å². The summed E-state index contributed by atoms with van der Waals surface area (Å²) >= 11 is 0. The van der Waals surface area contributed by atoms with Gasteiger partial charge in [-0.1, -0.05) is 0 Å². The topological polar surface area (TPSA) is 89.8 Å². The molecule has 26 heavy (non-hydrogen) atoms. The van der Waals surface area contributed by atoms with E-state index in [4.69, 9.17) is 18.3 Å². The van der Waals surface area contributed by atoms with Crippen molar-refractivity contribution in [1.82, 2.24) is 0 Å². The van der Waals surface area contributed by atoms with Gasteiger partial charge in [-0.25, -0.2) is 4.79 Å². The average molecular weight is 360 g/mol. The summed E-state index contributed by atoms with van der Waals surface area (Å²) in [5, 5.41) is 11.2. The Morgan fingerprint density at radius 1 is 1.27 bits per heavy atom. The largest absolute Gasteiger partial charge is 0.465 e. The molecular weight excluding hydrogens is 338 g/mol. The fourth-order valence-electron chi connectivity index (χ4n) is 4.64. The Labute approximate surface area is 150 Å². The van der Waals surface area contributed by atoms with Crippen LogP contribution >= 0.6 is 0 Å². The summed E-state index contributed by atoms with van der Waals surface area (Å²) in [7, 11) is 2.17. The van der Waals surface area contributed by atoms with Crippen LogP contribution in [0.15, 0.2) is 39.6 Å². The third-order valence-electron chi connectivity index (χ3n) is 6.09. The molecule has 2 aromatic heterocycles. The van der Waals surface area contributed by atoms with Gasteiger partial charge in [0.2, 0.25) is 0 Å². The van der Waals surface area contributed by atoms with Crippen LogP contribution in [0, 0.1) is 6.92 Å². The summed E-state index contributed by atoms with van der Waals surface area (Å²) < 4.78 is 22.2. The second kappa shape index (κ2) is 5.45. The molecule has 0 spiro atoms. The molecule has 3 aliphatic heterocycles. The van der Waals surface area contributed by atoms with Gasteiger partial charge in [-0.05, 0) is 30.7 Å². The molecule has 2 bridgehead atoms. The van der Waals surface area contributed by atoms with Crippen LogP contribution in [0.3, 0.4) is 0 Å². The third-order valence-corrected chi connectivity index (χ3v) is 6.09. The van der Waals surface area contributed by atoms with Crippen LogP contribution in [-0.4, -0.2) is 48.5 Å². The van der Waals surface area contributed by atoms with Crippen molar-refractivity contribution in [2.24, 2.45) is 0 Å². The van der Waals surface area contributed by atoms with E-state index in [0.29, 0.717) is 24.3 Å². The van der Waals surface area contributed by atoms with Crippen LogP contribution < -0.4 is 4.90 Å². The molecule has 7 heteroatoms. The first-order valence-corrected chi connectivity index (χ1v) is 9.00. The number of carbonyl (C=O) groups is 1. The van der Waals surface area contributed by atoms with E-state index in [0.717, 1.165) is 18.4 Å². The van der Waals surface area contributed by atoms with Gasteiger partial charge < -0.3 is 28.3 Å². The minimum absolute atomic E-state index is 0.0876. The molecule has 5 unspecified atom stereocenters. The van der Waals surface area contributed by atoms with Crippen LogP contribution in [-0.2, 0) is 19.9 Å². The number of piperidine rings is 1. The first-order valence-electron chi connectivity index (χ1n) is 9.00. The van der Waals surface area contributed by atoms with E-state index in [9.17, 15) is 9.90 Å². The normalized spacial score (nSPS) is 37.0. The van der Waals surface area contributed by atoms with Crippen LogP contribution in [0.4, 0.5) is 0 Å². The molecule has 5 heterocycles. The summed E-state index contributed by atoms with van der Waals surface area (Å²) in [6.45, 7) is 1.82. The molecule has 0 saturated carbocycles. The molecule has 3 fully saturated rings. The van der Waals surface area contributed by atoms with E-state index < -0.39 is 11.6 Å². The molecule has 5 atom stereocenters. The predicted molar refractivity (Wildman–Crippen MR) is 87.4 cm³/mol. The maximum Gasteiger partial charge on any atom is 0.354 e. The van der Waals surface area contributed by atoms with Gasteiger partial charge in [-0.3, -0.25) is 0 Å². The first kappa shape index (κ1) is 16.1. The fraction of sp³-hybridized carbons (Fsp3) is 0.526. The molecule has 2 N–H and O–H groups in total. The number of hydrogen-bond acceptors (Lipinski definition) is 6. The molecule has 3 saturated heterocycles. The minimum atomic E-state index is -2.09. The molecule has 0 aliphatic carbocycles. The number of fused-ring (bicyclic) bond motifs is 5. The zero-order chi connectivity index (χ0) is 18.1. The Kier molecular flexibility index (Phi) is 3.38. The summed E-state index contributed by atoms with van der Waals surface area (Å²) in [6.07, 6.45) is 4.71. The number of carbonyl (C=O) groups excluding carboxylic acids is 1. The van der Waals surface area contributed by atoms with Crippen molar-refractivity contribution in [2.45, 2.75) is 55.8 Å². The quantitative estimate of drug-likeness (QED) is 0.596. The highest BCUT2D eigenvalue weighted by Gasteiger charge is 2.67. The maximum atomic E-state index is 13.0. The number of nitrogens with one attached hydrogen (secondary N) is 1. The number of furan rings is 2. The van der Waals surface area contributed by atoms with Gasteiger partial charge >= 0.3 is 5.97 Å². The number of quaternary nitrogens is 1. The van der Waals surface area contributed by atoms with Crippen LogP contribution in [0.1, 0.15) is 29.9 Å². The number of ether oxygens (including phenoxy) is 2. The lowest BCUT2D eigenvalue weighted by molar-refractivity contribution is -0.930. The van der Waals surface area contributed by atoms with E-state index in [-0.39, 0.29) is 17.6 Å². The predicted octanol–water partition coefficient (Wildman–Crippen LogP) is 0.155. The Balaban J connectivity index is 1.40. The summed E-state index contributed by atoms with van der Waals surface area (Å²) in [5.41, 5.74) is -1.29. The number of hydrogen-bond donors (Lipinski definition) is 2. The van der Waals surface area contributed by atoms with Crippen molar-refractivity contribution >= 4 is 5.97 Å². The highest BCUT2D eigenvalue weighted by atomic mass is 16.6. The highest BCUT2D eigenvalue weighted by molar-refractivity contribution is 5.84. The molecule has 3 aliphatic rings. The van der Waals surface area contributed by atoms with Crippen LogP contribution in [0.5, 0.6) is 0 Å². The molecule has 7 nitrogen and oxygen atoms in total. The molecule has 0 radical (unpaired) electrons. The van der Waals surface area contributed by atoms with Crippen molar-refractivity contribution in [1.29, 1.82) is 0 Å². The SMILES string of the molecule is Cc1coc(C(O)(C(=O)OC2CC3C4OC4C(C2)[NH+]3C)c2ccco2)c1. The van der Waals surface area contributed by atoms with Gasteiger partial charge in [0.25, 0.3) is 5.60 Å². The van der Waals surface area contributed by atoms with Crippen molar-refractivity contribution in [2.75, 3.05) is 7.05 Å². The maximum absolute atomic E-state index is 13.0. The van der Waals surface area contributed by atoms with E-state index in [2.05, 4.69) is 7.05 Å². The second-order valence-corrected chi connectivity index (χ2v) is 7.70. The molecule has 0 aromatic carbocycles. The molecule has 138 valence electrons. The number of likely N-dealkylation sites (N-methyl/N-ethyl adjacent to an activating group) is 1. The van der Waals surface area contributed by atoms with E-state index >= 15 is 0 Å².